The molecule has 0 saturated carbocycles. The van der Waals surface area contributed by atoms with E-state index in [0.717, 1.165) is 26.3 Å². The molecule has 0 spiro atoms. The Kier molecular flexibility index (Phi) is 3.09. The molecule has 11 heavy (non-hydrogen) atoms. The van der Waals surface area contributed by atoms with E-state index in [-0.39, 0.29) is 0 Å². The SMILES string of the molecule is C=C(C#N)CN1CCOCC1. The fraction of sp³-hybridized carbons (Fsp3) is 0.625. The van der Waals surface area contributed by atoms with Crippen LogP contribution in [0.1, 0.15) is 0 Å². The first-order valence-electron chi connectivity index (χ1n) is 3.71. The number of ether oxygens (including phenoxy) is 1. The summed E-state index contributed by atoms with van der Waals surface area (Å²) >= 11 is 0. The van der Waals surface area contributed by atoms with Crippen LogP contribution in [0.5, 0.6) is 0 Å². The van der Waals surface area contributed by atoms with Crippen molar-refractivity contribution in [2.75, 3.05) is 32.8 Å². The van der Waals surface area contributed by atoms with Crippen LogP contribution in [-0.4, -0.2) is 37.7 Å². The third-order valence-corrected chi connectivity index (χ3v) is 1.68. The molecule has 0 aromatic carbocycles. The van der Waals surface area contributed by atoms with Gasteiger partial charge in [-0.1, -0.05) is 6.58 Å². The summed E-state index contributed by atoms with van der Waals surface area (Å²) in [4.78, 5) is 2.18. The van der Waals surface area contributed by atoms with E-state index in [1.165, 1.54) is 0 Å². The van der Waals surface area contributed by atoms with E-state index in [4.69, 9.17) is 10.00 Å². The molecule has 1 saturated heterocycles. The van der Waals surface area contributed by atoms with Gasteiger partial charge in [0.05, 0.1) is 19.3 Å². The summed E-state index contributed by atoms with van der Waals surface area (Å²) in [5.41, 5.74) is 0.631. The summed E-state index contributed by atoms with van der Waals surface area (Å²) in [5, 5.41) is 8.46. The van der Waals surface area contributed by atoms with Crippen LogP contribution in [0.25, 0.3) is 0 Å². The smallest absolute Gasteiger partial charge is 0.0954 e. The van der Waals surface area contributed by atoms with Crippen LogP contribution in [0.2, 0.25) is 0 Å². The Hall–Kier alpha value is -0.850. The molecule has 60 valence electrons. The standard InChI is InChI=1S/C8H12N2O/c1-8(6-9)7-10-2-4-11-5-3-10/h1-5,7H2. The Balaban J connectivity index is 2.25. The summed E-state index contributed by atoms with van der Waals surface area (Å²) in [7, 11) is 0. The molecule has 1 rings (SSSR count). The van der Waals surface area contributed by atoms with Gasteiger partial charge >= 0.3 is 0 Å². The lowest BCUT2D eigenvalue weighted by Crippen LogP contribution is -2.37. The molecule has 0 bridgehead atoms. The number of nitrogens with zero attached hydrogens (tertiary/aromatic N) is 2. The molecule has 0 N–H and O–H groups in total. The van der Waals surface area contributed by atoms with Gasteiger partial charge in [0.2, 0.25) is 0 Å². The predicted octanol–water partition coefficient (Wildman–Crippen LogP) is 0.398. The van der Waals surface area contributed by atoms with Crippen LogP contribution in [0.3, 0.4) is 0 Å². The van der Waals surface area contributed by atoms with Crippen LogP contribution in [0.15, 0.2) is 12.2 Å². The number of nitriles is 1. The summed E-state index contributed by atoms with van der Waals surface area (Å²) in [6.07, 6.45) is 0. The number of hydrogen-bond acceptors (Lipinski definition) is 3. The molecular weight excluding hydrogens is 140 g/mol. The predicted molar refractivity (Wildman–Crippen MR) is 42.0 cm³/mol. The molecule has 0 aromatic heterocycles. The molecule has 0 amide bonds. The van der Waals surface area contributed by atoms with Crippen LogP contribution in [-0.2, 0) is 4.74 Å². The van der Waals surface area contributed by atoms with Crippen molar-refractivity contribution in [3.8, 4) is 6.07 Å². The number of hydrogen-bond donors (Lipinski definition) is 0. The first-order valence-corrected chi connectivity index (χ1v) is 3.71. The maximum Gasteiger partial charge on any atom is 0.0954 e. The summed E-state index contributed by atoms with van der Waals surface area (Å²) in [6.45, 7) is 7.71. The largest absolute Gasteiger partial charge is 0.379 e. The van der Waals surface area contributed by atoms with Crippen molar-refractivity contribution in [1.82, 2.24) is 4.90 Å². The van der Waals surface area contributed by atoms with E-state index >= 15 is 0 Å². The Morgan fingerprint density at radius 1 is 1.55 bits per heavy atom. The molecule has 0 radical (unpaired) electrons. The number of morpholine rings is 1. The fourth-order valence-corrected chi connectivity index (χ4v) is 1.06. The Bertz CT molecular complexity index is 177. The van der Waals surface area contributed by atoms with Gasteiger partial charge in [-0.3, -0.25) is 4.90 Å². The Labute approximate surface area is 66.9 Å². The lowest BCUT2D eigenvalue weighted by molar-refractivity contribution is 0.0427. The molecule has 1 heterocycles. The van der Waals surface area contributed by atoms with Crippen molar-refractivity contribution in [1.29, 1.82) is 5.26 Å². The van der Waals surface area contributed by atoms with E-state index in [2.05, 4.69) is 11.5 Å². The molecule has 1 aliphatic rings. The topological polar surface area (TPSA) is 36.3 Å². The highest BCUT2D eigenvalue weighted by atomic mass is 16.5. The third-order valence-electron chi connectivity index (χ3n) is 1.68. The van der Waals surface area contributed by atoms with E-state index in [0.29, 0.717) is 12.1 Å². The second-order valence-corrected chi connectivity index (χ2v) is 2.60. The van der Waals surface area contributed by atoms with Crippen LogP contribution < -0.4 is 0 Å². The minimum atomic E-state index is 0.631. The van der Waals surface area contributed by atoms with Gasteiger partial charge in [-0.2, -0.15) is 5.26 Å². The van der Waals surface area contributed by atoms with Crippen LogP contribution in [0, 0.1) is 11.3 Å². The zero-order chi connectivity index (χ0) is 8.10. The molecule has 0 aromatic rings. The lowest BCUT2D eigenvalue weighted by Gasteiger charge is -2.25. The van der Waals surface area contributed by atoms with Crippen molar-refractivity contribution in [3.63, 3.8) is 0 Å². The molecule has 3 heteroatoms. The summed E-state index contributed by atoms with van der Waals surface area (Å²) in [5.74, 6) is 0. The average Bonchev–Trinajstić information content (AvgIpc) is 2.06. The third kappa shape index (κ3) is 2.71. The zero-order valence-electron chi connectivity index (χ0n) is 6.55. The maximum atomic E-state index is 8.46. The van der Waals surface area contributed by atoms with Gasteiger partial charge in [-0.25, -0.2) is 0 Å². The first-order chi connectivity index (χ1) is 5.33. The number of rotatable bonds is 2. The monoisotopic (exact) mass is 152 g/mol. The molecule has 1 aliphatic heterocycles. The van der Waals surface area contributed by atoms with Crippen molar-refractivity contribution in [2.45, 2.75) is 0 Å². The molecule has 0 atom stereocenters. The van der Waals surface area contributed by atoms with Crippen LogP contribution in [0.4, 0.5) is 0 Å². The minimum Gasteiger partial charge on any atom is -0.379 e. The molecule has 1 fully saturated rings. The highest BCUT2D eigenvalue weighted by Gasteiger charge is 2.10. The van der Waals surface area contributed by atoms with E-state index < -0.39 is 0 Å². The van der Waals surface area contributed by atoms with Crippen molar-refractivity contribution < 1.29 is 4.74 Å². The van der Waals surface area contributed by atoms with Gasteiger partial charge in [0.15, 0.2) is 0 Å². The van der Waals surface area contributed by atoms with Gasteiger partial charge in [-0.15, -0.1) is 0 Å². The molecule has 0 unspecified atom stereocenters. The second-order valence-electron chi connectivity index (χ2n) is 2.60. The summed E-state index contributed by atoms with van der Waals surface area (Å²) in [6, 6.07) is 2.04. The van der Waals surface area contributed by atoms with Gasteiger partial charge in [-0.05, 0) is 0 Å². The molecule has 0 aliphatic carbocycles. The Morgan fingerprint density at radius 2 is 2.18 bits per heavy atom. The average molecular weight is 152 g/mol. The van der Waals surface area contributed by atoms with Gasteiger partial charge in [0.1, 0.15) is 0 Å². The first kappa shape index (κ1) is 8.25. The highest BCUT2D eigenvalue weighted by molar-refractivity contribution is 5.17. The van der Waals surface area contributed by atoms with Crippen molar-refractivity contribution in [3.05, 3.63) is 12.2 Å². The quantitative estimate of drug-likeness (QED) is 0.537. The van der Waals surface area contributed by atoms with E-state index in [1.54, 1.807) is 0 Å². The highest BCUT2D eigenvalue weighted by Crippen LogP contribution is 1.99. The van der Waals surface area contributed by atoms with Crippen molar-refractivity contribution >= 4 is 0 Å². The lowest BCUT2D eigenvalue weighted by atomic mass is 10.3. The minimum absolute atomic E-state index is 0.631. The van der Waals surface area contributed by atoms with Crippen LogP contribution >= 0.6 is 0 Å². The summed E-state index contributed by atoms with van der Waals surface area (Å²) < 4.78 is 5.16. The van der Waals surface area contributed by atoms with E-state index in [1.807, 2.05) is 6.07 Å². The maximum absolute atomic E-state index is 8.46. The van der Waals surface area contributed by atoms with Gasteiger partial charge < -0.3 is 4.74 Å². The zero-order valence-corrected chi connectivity index (χ0v) is 6.55. The second kappa shape index (κ2) is 4.12. The molecule has 3 nitrogen and oxygen atoms in total. The normalized spacial score (nSPS) is 19.2. The van der Waals surface area contributed by atoms with Gasteiger partial charge in [0, 0.05) is 25.2 Å². The fourth-order valence-electron chi connectivity index (χ4n) is 1.06. The van der Waals surface area contributed by atoms with Gasteiger partial charge in [0.25, 0.3) is 0 Å². The molecular formula is C8H12N2O. The van der Waals surface area contributed by atoms with E-state index in [9.17, 15) is 0 Å². The Morgan fingerprint density at radius 3 is 2.73 bits per heavy atom. The van der Waals surface area contributed by atoms with Crippen molar-refractivity contribution in [2.24, 2.45) is 0 Å².